The van der Waals surface area contributed by atoms with Gasteiger partial charge in [0.05, 0.1) is 17.1 Å². The van der Waals surface area contributed by atoms with Crippen molar-refractivity contribution in [1.82, 2.24) is 4.90 Å². The van der Waals surface area contributed by atoms with Crippen molar-refractivity contribution in [3.63, 3.8) is 0 Å². The first-order valence-corrected chi connectivity index (χ1v) is 8.49. The van der Waals surface area contributed by atoms with Crippen LogP contribution in [0.2, 0.25) is 0 Å². The molecule has 0 radical (unpaired) electrons. The number of carbonyl (C=O) groups is 2. The van der Waals surface area contributed by atoms with Crippen molar-refractivity contribution in [3.8, 4) is 0 Å². The predicted octanol–water partition coefficient (Wildman–Crippen LogP) is 1.02. The number of hydrogen-bond donors (Lipinski definition) is 1. The second kappa shape index (κ2) is 5.88. The first kappa shape index (κ1) is 15.6. The van der Waals surface area contributed by atoms with Gasteiger partial charge in [0.25, 0.3) is 5.91 Å². The summed E-state index contributed by atoms with van der Waals surface area (Å²) in [6.07, 6.45) is 2.08. The van der Waals surface area contributed by atoms with Crippen LogP contribution in [0.25, 0.3) is 0 Å². The predicted molar refractivity (Wildman–Crippen MR) is 74.1 cm³/mol. The number of carboxylic acids is 1. The van der Waals surface area contributed by atoms with Crippen LogP contribution in [0.4, 0.5) is 0 Å². The minimum absolute atomic E-state index is 0.0504. The molecule has 0 aromatic carbocycles. The zero-order valence-corrected chi connectivity index (χ0v) is 12.4. The van der Waals surface area contributed by atoms with Crippen molar-refractivity contribution in [2.24, 2.45) is 0 Å². The highest BCUT2D eigenvalue weighted by molar-refractivity contribution is 7.91. The number of furan rings is 1. The van der Waals surface area contributed by atoms with Gasteiger partial charge in [-0.1, -0.05) is 6.92 Å². The van der Waals surface area contributed by atoms with Crippen LogP contribution >= 0.6 is 0 Å². The monoisotopic (exact) mass is 315 g/mol. The Hall–Kier alpha value is -1.83. The molecule has 1 fully saturated rings. The molecule has 1 aromatic heterocycles. The van der Waals surface area contributed by atoms with Crippen molar-refractivity contribution in [2.75, 3.05) is 18.1 Å². The summed E-state index contributed by atoms with van der Waals surface area (Å²) in [5.41, 5.74) is -0.103. The molecule has 1 aliphatic heterocycles. The summed E-state index contributed by atoms with van der Waals surface area (Å²) in [6.45, 7) is 2.29. The number of hydrogen-bond acceptors (Lipinski definition) is 5. The van der Waals surface area contributed by atoms with Crippen LogP contribution in [0.15, 0.2) is 16.7 Å². The van der Waals surface area contributed by atoms with Crippen LogP contribution < -0.4 is 0 Å². The molecule has 2 heterocycles. The van der Waals surface area contributed by atoms with E-state index in [1.54, 1.807) is 0 Å². The fourth-order valence-electron chi connectivity index (χ4n) is 2.41. The van der Waals surface area contributed by atoms with E-state index in [0.29, 0.717) is 19.4 Å². The van der Waals surface area contributed by atoms with E-state index in [2.05, 4.69) is 0 Å². The maximum atomic E-state index is 12.4. The van der Waals surface area contributed by atoms with Crippen LogP contribution in [-0.2, 0) is 9.84 Å². The molecule has 1 N–H and O–H groups in total. The number of carbonyl (C=O) groups excluding carboxylic acids is 1. The zero-order valence-electron chi connectivity index (χ0n) is 11.6. The Balaban J connectivity index is 2.21. The standard InChI is InChI=1S/C13H17NO6S/c1-2-4-14(10-3-5-21(18,19)8-10)12(15)11-6-9(7-20-11)13(16)17/h6-7,10H,2-5,8H2,1H3,(H,16,17). The normalized spacial score (nSPS) is 20.3. The van der Waals surface area contributed by atoms with E-state index in [-0.39, 0.29) is 28.9 Å². The Kier molecular flexibility index (Phi) is 4.36. The maximum Gasteiger partial charge on any atom is 0.338 e. The topological polar surface area (TPSA) is 105 Å². The highest BCUT2D eigenvalue weighted by Gasteiger charge is 2.35. The number of aromatic carboxylic acids is 1. The van der Waals surface area contributed by atoms with Crippen molar-refractivity contribution in [2.45, 2.75) is 25.8 Å². The third-order valence-corrected chi connectivity index (χ3v) is 5.18. The summed E-state index contributed by atoms with van der Waals surface area (Å²) in [6, 6.07) is 0.789. The number of sulfone groups is 1. The molecule has 0 saturated carbocycles. The van der Waals surface area contributed by atoms with Crippen molar-refractivity contribution >= 4 is 21.7 Å². The molecule has 2 rings (SSSR count). The number of carboxylic acid groups (broad SMARTS) is 1. The molecule has 1 aromatic rings. The lowest BCUT2D eigenvalue weighted by Gasteiger charge is -2.26. The van der Waals surface area contributed by atoms with Crippen LogP contribution in [0.3, 0.4) is 0 Å². The lowest BCUT2D eigenvalue weighted by Crippen LogP contribution is -2.41. The van der Waals surface area contributed by atoms with Crippen LogP contribution in [0, 0.1) is 0 Å². The summed E-state index contributed by atoms with van der Waals surface area (Å²) in [5, 5.41) is 8.84. The van der Waals surface area contributed by atoms with E-state index in [4.69, 9.17) is 9.52 Å². The smallest absolute Gasteiger partial charge is 0.338 e. The summed E-state index contributed by atoms with van der Waals surface area (Å²) in [4.78, 5) is 24.7. The molecule has 21 heavy (non-hydrogen) atoms. The average Bonchev–Trinajstić information content (AvgIpc) is 3.01. The molecular weight excluding hydrogens is 298 g/mol. The molecule has 1 aliphatic rings. The molecule has 1 amide bonds. The molecule has 1 atom stereocenters. The van der Waals surface area contributed by atoms with Gasteiger partial charge in [-0.05, 0) is 12.8 Å². The van der Waals surface area contributed by atoms with E-state index in [1.807, 2.05) is 6.92 Å². The summed E-state index contributed by atoms with van der Waals surface area (Å²) in [5.74, 6) is -1.70. The van der Waals surface area contributed by atoms with Gasteiger partial charge in [0, 0.05) is 18.7 Å². The van der Waals surface area contributed by atoms with Crippen molar-refractivity contribution in [1.29, 1.82) is 0 Å². The van der Waals surface area contributed by atoms with E-state index in [1.165, 1.54) is 4.90 Å². The Morgan fingerprint density at radius 3 is 2.67 bits per heavy atom. The molecule has 0 spiro atoms. The lowest BCUT2D eigenvalue weighted by atomic mass is 10.2. The number of nitrogens with zero attached hydrogens (tertiary/aromatic N) is 1. The summed E-state index contributed by atoms with van der Waals surface area (Å²) in [7, 11) is -3.10. The second-order valence-electron chi connectivity index (χ2n) is 5.06. The molecule has 1 unspecified atom stereocenters. The molecular formula is C13H17NO6S. The minimum atomic E-state index is -3.10. The highest BCUT2D eigenvalue weighted by Crippen LogP contribution is 2.21. The van der Waals surface area contributed by atoms with Crippen LogP contribution in [0.5, 0.6) is 0 Å². The van der Waals surface area contributed by atoms with Gasteiger partial charge in [-0.25, -0.2) is 13.2 Å². The molecule has 1 saturated heterocycles. The van der Waals surface area contributed by atoms with E-state index in [9.17, 15) is 18.0 Å². The zero-order chi connectivity index (χ0) is 15.6. The molecule has 0 aliphatic carbocycles. The highest BCUT2D eigenvalue weighted by atomic mass is 32.2. The van der Waals surface area contributed by atoms with E-state index in [0.717, 1.165) is 12.3 Å². The fraction of sp³-hybridized carbons (Fsp3) is 0.538. The first-order valence-electron chi connectivity index (χ1n) is 6.67. The quantitative estimate of drug-likeness (QED) is 0.869. The molecule has 7 nitrogen and oxygen atoms in total. The van der Waals surface area contributed by atoms with Gasteiger partial charge in [-0.15, -0.1) is 0 Å². The first-order chi connectivity index (χ1) is 9.84. The SMILES string of the molecule is CCCN(C(=O)c1cc(C(=O)O)co1)C1CCS(=O)(=O)C1. The summed E-state index contributed by atoms with van der Waals surface area (Å²) < 4.78 is 28.1. The Morgan fingerprint density at radius 2 is 2.19 bits per heavy atom. The fourth-order valence-corrected chi connectivity index (χ4v) is 4.14. The van der Waals surface area contributed by atoms with Gasteiger partial charge in [-0.3, -0.25) is 4.79 Å². The second-order valence-corrected chi connectivity index (χ2v) is 7.29. The lowest BCUT2D eigenvalue weighted by molar-refractivity contribution is 0.0662. The Labute approximate surface area is 122 Å². The van der Waals surface area contributed by atoms with Gasteiger partial charge in [-0.2, -0.15) is 0 Å². The third kappa shape index (κ3) is 3.44. The average molecular weight is 315 g/mol. The number of rotatable bonds is 5. The van der Waals surface area contributed by atoms with Gasteiger partial charge in [0.2, 0.25) is 0 Å². The van der Waals surface area contributed by atoms with Crippen LogP contribution in [-0.4, -0.2) is 54.4 Å². The van der Waals surface area contributed by atoms with Gasteiger partial charge in [0.15, 0.2) is 15.6 Å². The minimum Gasteiger partial charge on any atom is -0.478 e. The largest absolute Gasteiger partial charge is 0.478 e. The Bertz CT molecular complexity index is 647. The van der Waals surface area contributed by atoms with Gasteiger partial charge in [0.1, 0.15) is 6.26 Å². The van der Waals surface area contributed by atoms with E-state index < -0.39 is 21.7 Å². The third-order valence-electron chi connectivity index (χ3n) is 3.43. The number of amides is 1. The summed E-state index contributed by atoms with van der Waals surface area (Å²) >= 11 is 0. The van der Waals surface area contributed by atoms with E-state index >= 15 is 0 Å². The molecule has 0 bridgehead atoms. The van der Waals surface area contributed by atoms with Crippen molar-refractivity contribution in [3.05, 3.63) is 23.7 Å². The van der Waals surface area contributed by atoms with Crippen LogP contribution in [0.1, 0.15) is 40.7 Å². The Morgan fingerprint density at radius 1 is 1.48 bits per heavy atom. The maximum absolute atomic E-state index is 12.4. The molecule has 116 valence electrons. The van der Waals surface area contributed by atoms with Gasteiger partial charge >= 0.3 is 5.97 Å². The molecule has 8 heteroatoms. The van der Waals surface area contributed by atoms with Gasteiger partial charge < -0.3 is 14.4 Å². The van der Waals surface area contributed by atoms with Crippen molar-refractivity contribution < 1.29 is 27.5 Å².